The molecule has 0 radical (unpaired) electrons. The lowest BCUT2D eigenvalue weighted by Gasteiger charge is -2.29. The number of fused-ring (bicyclic) bond motifs is 1. The topological polar surface area (TPSA) is 63.9 Å². The van der Waals surface area contributed by atoms with Gasteiger partial charge in [0.05, 0.1) is 17.3 Å². The summed E-state index contributed by atoms with van der Waals surface area (Å²) < 4.78 is 1.73. The molecule has 0 aliphatic heterocycles. The van der Waals surface area contributed by atoms with Crippen molar-refractivity contribution >= 4 is 28.7 Å². The smallest absolute Gasteiger partial charge is 0.233 e. The van der Waals surface area contributed by atoms with Crippen molar-refractivity contribution in [3.05, 3.63) is 12.5 Å². The highest BCUT2D eigenvalue weighted by Crippen LogP contribution is 2.35. The van der Waals surface area contributed by atoms with E-state index in [1.807, 2.05) is 7.05 Å². The number of hydrogen-bond acceptors (Lipinski definition) is 5. The van der Waals surface area contributed by atoms with Gasteiger partial charge in [0.1, 0.15) is 11.4 Å². The first-order valence-corrected chi connectivity index (χ1v) is 9.29. The monoisotopic (exact) mass is 331 g/mol. The van der Waals surface area contributed by atoms with Crippen molar-refractivity contribution in [1.29, 1.82) is 0 Å². The van der Waals surface area contributed by atoms with E-state index in [9.17, 15) is 4.79 Å². The molecule has 2 heterocycles. The summed E-state index contributed by atoms with van der Waals surface area (Å²) >= 11 is 1.51. The molecule has 2 fully saturated rings. The Morgan fingerprint density at radius 3 is 2.74 bits per heavy atom. The van der Waals surface area contributed by atoms with E-state index in [1.54, 1.807) is 17.2 Å². The fourth-order valence-corrected chi connectivity index (χ4v) is 4.33. The Morgan fingerprint density at radius 2 is 2.00 bits per heavy atom. The third kappa shape index (κ3) is 2.94. The van der Waals surface area contributed by atoms with Crippen molar-refractivity contribution in [2.75, 3.05) is 5.75 Å². The second kappa shape index (κ2) is 6.11. The Bertz CT molecular complexity index is 720. The molecule has 122 valence electrons. The third-order valence-corrected chi connectivity index (χ3v) is 5.76. The first kappa shape index (κ1) is 14.9. The van der Waals surface area contributed by atoms with Gasteiger partial charge in [-0.15, -0.1) is 0 Å². The van der Waals surface area contributed by atoms with Gasteiger partial charge in [-0.25, -0.2) is 9.97 Å². The Labute approximate surface area is 139 Å². The lowest BCUT2D eigenvalue weighted by molar-refractivity contribution is -0.131. The van der Waals surface area contributed by atoms with E-state index in [1.165, 1.54) is 50.3 Å². The maximum absolute atomic E-state index is 12.8. The van der Waals surface area contributed by atoms with Crippen LogP contribution in [0.4, 0.5) is 0 Å². The molecule has 1 amide bonds. The fraction of sp³-hybridized carbons (Fsp3) is 0.625. The Hall–Kier alpha value is -1.63. The van der Waals surface area contributed by atoms with Gasteiger partial charge in [0, 0.05) is 19.1 Å². The molecule has 0 spiro atoms. The minimum Gasteiger partial charge on any atom is -0.336 e. The van der Waals surface area contributed by atoms with Crippen molar-refractivity contribution in [1.82, 2.24) is 24.6 Å². The molecule has 2 aromatic rings. The van der Waals surface area contributed by atoms with Crippen LogP contribution in [0.25, 0.3) is 11.0 Å². The lowest BCUT2D eigenvalue weighted by Crippen LogP contribution is -2.41. The minimum absolute atomic E-state index is 0.264. The number of carbonyl (C=O) groups is 1. The summed E-state index contributed by atoms with van der Waals surface area (Å²) in [5.74, 6) is 0.716. The summed E-state index contributed by atoms with van der Waals surface area (Å²) in [6.07, 6.45) is 10.5. The molecule has 0 N–H and O–H groups in total. The molecule has 23 heavy (non-hydrogen) atoms. The Balaban J connectivity index is 1.47. The van der Waals surface area contributed by atoms with Crippen LogP contribution in [0.2, 0.25) is 0 Å². The van der Waals surface area contributed by atoms with Crippen molar-refractivity contribution < 1.29 is 4.79 Å². The average molecular weight is 331 g/mol. The summed E-state index contributed by atoms with van der Waals surface area (Å²) in [6, 6.07) is 0.967. The number of thioether (sulfide) groups is 1. The second-order valence-electron chi connectivity index (χ2n) is 6.44. The zero-order chi connectivity index (χ0) is 15.8. The van der Waals surface area contributed by atoms with E-state index < -0.39 is 0 Å². The van der Waals surface area contributed by atoms with E-state index >= 15 is 0 Å². The van der Waals surface area contributed by atoms with Crippen LogP contribution < -0.4 is 0 Å². The quantitative estimate of drug-likeness (QED) is 0.622. The highest BCUT2D eigenvalue weighted by Gasteiger charge is 2.38. The van der Waals surface area contributed by atoms with Crippen molar-refractivity contribution in [2.24, 2.45) is 7.05 Å². The summed E-state index contributed by atoms with van der Waals surface area (Å²) in [7, 11) is 1.86. The molecule has 0 saturated heterocycles. The second-order valence-corrected chi connectivity index (χ2v) is 7.41. The minimum atomic E-state index is 0.264. The molecule has 2 aromatic heterocycles. The zero-order valence-corrected chi connectivity index (χ0v) is 14.1. The van der Waals surface area contributed by atoms with E-state index in [-0.39, 0.29) is 5.91 Å². The number of amides is 1. The molecule has 4 rings (SSSR count). The Morgan fingerprint density at radius 1 is 1.26 bits per heavy atom. The summed E-state index contributed by atoms with van der Waals surface area (Å²) in [5, 5.41) is 5.99. The van der Waals surface area contributed by atoms with E-state index in [0.717, 1.165) is 16.1 Å². The summed E-state index contributed by atoms with van der Waals surface area (Å²) in [5.41, 5.74) is 0.810. The molecule has 0 aromatic carbocycles. The van der Waals surface area contributed by atoms with Crippen LogP contribution in [0.5, 0.6) is 0 Å². The van der Waals surface area contributed by atoms with E-state index in [2.05, 4.69) is 20.0 Å². The standard InChI is InChI=1S/C16H21N5OS/c1-20-15-13(8-19-20)16(18-10-17-15)23-9-14(22)21(12-6-7-12)11-4-2-3-5-11/h8,10-12H,2-7,9H2,1H3. The molecular formula is C16H21N5OS. The van der Waals surface area contributed by atoms with Crippen molar-refractivity contribution in [3.63, 3.8) is 0 Å². The number of carbonyl (C=O) groups excluding carboxylic acids is 1. The molecule has 0 bridgehead atoms. The maximum Gasteiger partial charge on any atom is 0.233 e. The first-order valence-electron chi connectivity index (χ1n) is 8.30. The van der Waals surface area contributed by atoms with Crippen LogP contribution in [0.1, 0.15) is 38.5 Å². The molecular weight excluding hydrogens is 310 g/mol. The number of nitrogens with zero attached hydrogens (tertiary/aromatic N) is 5. The SMILES string of the molecule is Cn1ncc2c(SCC(=O)N(C3CCCC3)C3CC3)ncnc21. The van der Waals surface area contributed by atoms with Gasteiger partial charge in [-0.2, -0.15) is 5.10 Å². The van der Waals surface area contributed by atoms with Gasteiger partial charge in [-0.1, -0.05) is 24.6 Å². The van der Waals surface area contributed by atoms with Crippen LogP contribution >= 0.6 is 11.8 Å². The van der Waals surface area contributed by atoms with Gasteiger partial charge in [0.25, 0.3) is 0 Å². The van der Waals surface area contributed by atoms with E-state index in [4.69, 9.17) is 0 Å². The molecule has 2 aliphatic carbocycles. The molecule has 2 saturated carbocycles. The largest absolute Gasteiger partial charge is 0.336 e. The lowest BCUT2D eigenvalue weighted by atomic mass is 10.2. The predicted molar refractivity (Wildman–Crippen MR) is 89.2 cm³/mol. The number of aryl methyl sites for hydroxylation is 1. The van der Waals surface area contributed by atoms with Crippen molar-refractivity contribution in [2.45, 2.75) is 55.6 Å². The Kier molecular flexibility index (Phi) is 3.97. The summed E-state index contributed by atoms with van der Waals surface area (Å²) in [6.45, 7) is 0. The number of hydrogen-bond donors (Lipinski definition) is 0. The first-order chi connectivity index (χ1) is 11.2. The van der Waals surface area contributed by atoms with Gasteiger partial charge in [0.15, 0.2) is 5.65 Å². The summed E-state index contributed by atoms with van der Waals surface area (Å²) in [4.78, 5) is 23.5. The average Bonchev–Trinajstić information content (AvgIpc) is 3.09. The van der Waals surface area contributed by atoms with Crippen LogP contribution in [0, 0.1) is 0 Å². The maximum atomic E-state index is 12.8. The molecule has 6 nitrogen and oxygen atoms in total. The van der Waals surface area contributed by atoms with Gasteiger partial charge in [-0.3, -0.25) is 9.48 Å². The number of rotatable bonds is 5. The van der Waals surface area contributed by atoms with Gasteiger partial charge in [0.2, 0.25) is 5.91 Å². The van der Waals surface area contributed by atoms with Crippen LogP contribution in [0.15, 0.2) is 17.6 Å². The van der Waals surface area contributed by atoms with Crippen LogP contribution in [-0.4, -0.2) is 48.4 Å². The zero-order valence-electron chi connectivity index (χ0n) is 13.3. The van der Waals surface area contributed by atoms with Gasteiger partial charge in [-0.05, 0) is 25.7 Å². The van der Waals surface area contributed by atoms with Crippen LogP contribution in [0.3, 0.4) is 0 Å². The van der Waals surface area contributed by atoms with Crippen LogP contribution in [-0.2, 0) is 11.8 Å². The molecule has 7 heteroatoms. The molecule has 0 atom stereocenters. The van der Waals surface area contributed by atoms with Gasteiger partial charge >= 0.3 is 0 Å². The highest BCUT2D eigenvalue weighted by molar-refractivity contribution is 8.00. The molecule has 0 unspecified atom stereocenters. The fourth-order valence-electron chi connectivity index (χ4n) is 3.50. The highest BCUT2D eigenvalue weighted by atomic mass is 32.2. The normalized spacial score (nSPS) is 18.7. The molecule has 2 aliphatic rings. The number of aromatic nitrogens is 4. The van der Waals surface area contributed by atoms with Crippen molar-refractivity contribution in [3.8, 4) is 0 Å². The third-order valence-electron chi connectivity index (χ3n) is 4.77. The van der Waals surface area contributed by atoms with Gasteiger partial charge < -0.3 is 4.90 Å². The predicted octanol–water partition coefficient (Wildman–Crippen LogP) is 2.39. The van der Waals surface area contributed by atoms with E-state index in [0.29, 0.717) is 17.8 Å².